The quantitative estimate of drug-likeness (QED) is 0.585. The van der Waals surface area contributed by atoms with E-state index in [2.05, 4.69) is 13.8 Å². The van der Waals surface area contributed by atoms with Crippen LogP contribution in [-0.4, -0.2) is 13.2 Å². The topological polar surface area (TPSA) is 44.5 Å². The molecule has 0 aromatic heterocycles. The van der Waals surface area contributed by atoms with Gasteiger partial charge in [-0.1, -0.05) is 13.8 Å². The fraction of sp³-hybridized carbons (Fsp3) is 0.571. The van der Waals surface area contributed by atoms with Crippen molar-refractivity contribution in [1.29, 1.82) is 0 Å². The van der Waals surface area contributed by atoms with E-state index >= 15 is 0 Å². The lowest BCUT2D eigenvalue weighted by Gasteiger charge is -2.12. The second kappa shape index (κ2) is 7.17. The highest BCUT2D eigenvalue weighted by molar-refractivity contribution is 5.47. The molecule has 1 aromatic rings. The first-order chi connectivity index (χ1) is 8.13. The van der Waals surface area contributed by atoms with E-state index in [9.17, 15) is 0 Å². The van der Waals surface area contributed by atoms with Gasteiger partial charge in [-0.25, -0.2) is 0 Å². The number of rotatable bonds is 7. The van der Waals surface area contributed by atoms with Crippen LogP contribution < -0.4 is 10.5 Å². The maximum atomic E-state index is 5.76. The first-order valence-corrected chi connectivity index (χ1v) is 6.22. The zero-order valence-electron chi connectivity index (χ0n) is 11.0. The molecule has 3 heteroatoms. The van der Waals surface area contributed by atoms with E-state index in [1.807, 2.05) is 25.1 Å². The van der Waals surface area contributed by atoms with Crippen molar-refractivity contribution in [2.75, 3.05) is 18.9 Å². The molecule has 0 aliphatic heterocycles. The van der Waals surface area contributed by atoms with Crippen LogP contribution in [0.3, 0.4) is 0 Å². The summed E-state index contributed by atoms with van der Waals surface area (Å²) in [6.07, 6.45) is 1.08. The molecule has 0 spiro atoms. The molecule has 0 aliphatic carbocycles. The number of hydrogen-bond acceptors (Lipinski definition) is 3. The van der Waals surface area contributed by atoms with Crippen molar-refractivity contribution >= 4 is 5.69 Å². The van der Waals surface area contributed by atoms with E-state index in [-0.39, 0.29) is 0 Å². The van der Waals surface area contributed by atoms with Crippen LogP contribution in [0.15, 0.2) is 18.2 Å². The van der Waals surface area contributed by atoms with Gasteiger partial charge in [0.25, 0.3) is 0 Å². The molecule has 3 nitrogen and oxygen atoms in total. The van der Waals surface area contributed by atoms with E-state index in [1.165, 1.54) is 0 Å². The Morgan fingerprint density at radius 1 is 1.29 bits per heavy atom. The van der Waals surface area contributed by atoms with Crippen LogP contribution in [0.5, 0.6) is 5.75 Å². The number of benzene rings is 1. The van der Waals surface area contributed by atoms with Crippen LogP contribution >= 0.6 is 0 Å². The molecule has 0 bridgehead atoms. The molecule has 1 rings (SSSR count). The second-order valence-electron chi connectivity index (χ2n) is 4.54. The Kier molecular flexibility index (Phi) is 5.84. The average Bonchev–Trinajstić information content (AvgIpc) is 2.28. The summed E-state index contributed by atoms with van der Waals surface area (Å²) in [5, 5.41) is 0. The van der Waals surface area contributed by atoms with Crippen molar-refractivity contribution in [2.24, 2.45) is 5.92 Å². The van der Waals surface area contributed by atoms with Crippen LogP contribution in [0, 0.1) is 5.92 Å². The molecule has 0 saturated carbocycles. The van der Waals surface area contributed by atoms with Crippen LogP contribution in [0.4, 0.5) is 5.69 Å². The van der Waals surface area contributed by atoms with Crippen LogP contribution in [0.1, 0.15) is 32.8 Å². The summed E-state index contributed by atoms with van der Waals surface area (Å²) < 4.78 is 11.2. The molecule has 0 unspecified atom stereocenters. The van der Waals surface area contributed by atoms with Gasteiger partial charge in [0, 0.05) is 17.9 Å². The minimum Gasteiger partial charge on any atom is -0.494 e. The summed E-state index contributed by atoms with van der Waals surface area (Å²) >= 11 is 0. The number of nitrogens with two attached hydrogens (primary N) is 1. The summed E-state index contributed by atoms with van der Waals surface area (Å²) in [6.45, 7) is 8.35. The predicted octanol–water partition coefficient (Wildman–Crippen LogP) is 3.23. The van der Waals surface area contributed by atoms with Gasteiger partial charge in [-0.15, -0.1) is 0 Å². The van der Waals surface area contributed by atoms with E-state index < -0.39 is 0 Å². The lowest BCUT2D eigenvalue weighted by atomic mass is 10.1. The first kappa shape index (κ1) is 13.8. The molecule has 0 aliphatic rings. The van der Waals surface area contributed by atoms with Crippen molar-refractivity contribution in [2.45, 2.75) is 33.8 Å². The number of hydrogen-bond donors (Lipinski definition) is 1. The molecule has 0 fully saturated rings. The maximum Gasteiger partial charge on any atom is 0.124 e. The third-order valence-corrected chi connectivity index (χ3v) is 2.48. The highest BCUT2D eigenvalue weighted by atomic mass is 16.5. The van der Waals surface area contributed by atoms with Gasteiger partial charge in [-0.05, 0) is 37.5 Å². The molecule has 0 amide bonds. The van der Waals surface area contributed by atoms with Gasteiger partial charge < -0.3 is 15.2 Å². The van der Waals surface area contributed by atoms with E-state index in [0.717, 1.165) is 30.0 Å². The minimum absolute atomic E-state index is 0.563. The van der Waals surface area contributed by atoms with Gasteiger partial charge in [-0.2, -0.15) is 0 Å². The van der Waals surface area contributed by atoms with Crippen LogP contribution in [0.25, 0.3) is 0 Å². The summed E-state index contributed by atoms with van der Waals surface area (Å²) in [4.78, 5) is 0. The van der Waals surface area contributed by atoms with E-state index in [1.54, 1.807) is 0 Å². The summed E-state index contributed by atoms with van der Waals surface area (Å²) in [6, 6.07) is 5.67. The molecule has 2 N–H and O–H groups in total. The Bertz CT molecular complexity index is 337. The average molecular weight is 237 g/mol. The lowest BCUT2D eigenvalue weighted by Crippen LogP contribution is -2.03. The largest absolute Gasteiger partial charge is 0.494 e. The minimum atomic E-state index is 0.563. The smallest absolute Gasteiger partial charge is 0.124 e. The Morgan fingerprint density at radius 3 is 2.71 bits per heavy atom. The Balaban J connectivity index is 2.52. The summed E-state index contributed by atoms with van der Waals surface area (Å²) in [5.74, 6) is 1.54. The highest BCUT2D eigenvalue weighted by Gasteiger charge is 2.04. The third kappa shape index (κ3) is 5.09. The number of ether oxygens (including phenoxy) is 2. The van der Waals surface area contributed by atoms with Crippen molar-refractivity contribution in [3.8, 4) is 5.75 Å². The van der Waals surface area contributed by atoms with Gasteiger partial charge >= 0.3 is 0 Å². The van der Waals surface area contributed by atoms with Crippen molar-refractivity contribution < 1.29 is 9.47 Å². The van der Waals surface area contributed by atoms with Crippen molar-refractivity contribution in [1.82, 2.24) is 0 Å². The molecular formula is C14H23NO2. The van der Waals surface area contributed by atoms with Gasteiger partial charge in [0.2, 0.25) is 0 Å². The Morgan fingerprint density at radius 2 is 2.06 bits per heavy atom. The third-order valence-electron chi connectivity index (χ3n) is 2.48. The zero-order chi connectivity index (χ0) is 12.7. The summed E-state index contributed by atoms with van der Waals surface area (Å²) in [7, 11) is 0. The van der Waals surface area contributed by atoms with Crippen molar-refractivity contribution in [3.63, 3.8) is 0 Å². The number of anilines is 1. The van der Waals surface area contributed by atoms with Gasteiger partial charge in [0.1, 0.15) is 5.75 Å². The molecule has 17 heavy (non-hydrogen) atoms. The van der Waals surface area contributed by atoms with Crippen LogP contribution in [-0.2, 0) is 11.3 Å². The molecular weight excluding hydrogens is 214 g/mol. The molecule has 96 valence electrons. The summed E-state index contributed by atoms with van der Waals surface area (Å²) in [5.41, 5.74) is 7.53. The molecule has 1 aromatic carbocycles. The molecule has 0 radical (unpaired) electrons. The van der Waals surface area contributed by atoms with Gasteiger partial charge in [-0.3, -0.25) is 0 Å². The first-order valence-electron chi connectivity index (χ1n) is 6.22. The SMILES string of the molecule is CCOc1ccc(N)cc1COCCC(C)C. The fourth-order valence-electron chi connectivity index (χ4n) is 1.51. The lowest BCUT2D eigenvalue weighted by molar-refractivity contribution is 0.108. The molecule has 0 saturated heterocycles. The molecule has 0 atom stereocenters. The fourth-order valence-corrected chi connectivity index (χ4v) is 1.51. The van der Waals surface area contributed by atoms with Crippen molar-refractivity contribution in [3.05, 3.63) is 23.8 Å². The monoisotopic (exact) mass is 237 g/mol. The van der Waals surface area contributed by atoms with Gasteiger partial charge in [0.05, 0.1) is 13.2 Å². The van der Waals surface area contributed by atoms with Crippen LogP contribution in [0.2, 0.25) is 0 Å². The number of nitrogen functional groups attached to an aromatic ring is 1. The van der Waals surface area contributed by atoms with E-state index in [0.29, 0.717) is 19.1 Å². The Labute approximate surface area is 104 Å². The maximum absolute atomic E-state index is 5.76. The highest BCUT2D eigenvalue weighted by Crippen LogP contribution is 2.22. The van der Waals surface area contributed by atoms with E-state index in [4.69, 9.17) is 15.2 Å². The zero-order valence-corrected chi connectivity index (χ0v) is 11.0. The van der Waals surface area contributed by atoms with Gasteiger partial charge in [0.15, 0.2) is 0 Å². The predicted molar refractivity (Wildman–Crippen MR) is 71.1 cm³/mol. The second-order valence-corrected chi connectivity index (χ2v) is 4.54. The Hall–Kier alpha value is -1.22. The normalized spacial score (nSPS) is 10.8. The standard InChI is InChI=1S/C14H23NO2/c1-4-17-14-6-5-13(15)9-12(14)10-16-8-7-11(2)3/h5-6,9,11H,4,7-8,10,15H2,1-3H3. The molecule has 0 heterocycles.